The molecule has 0 heterocycles. The van der Waals surface area contributed by atoms with Crippen LogP contribution in [0.3, 0.4) is 0 Å². The number of nitrogens with zero attached hydrogens (tertiary/aromatic N) is 2. The maximum Gasteiger partial charge on any atom is 0.264 e. The highest BCUT2D eigenvalue weighted by atomic mass is 79.9. The summed E-state index contributed by atoms with van der Waals surface area (Å²) in [5, 5.41) is 3.05. The summed E-state index contributed by atoms with van der Waals surface area (Å²) in [6.07, 6.45) is 0.948. The molecule has 1 N–H and O–H groups in total. The Kier molecular flexibility index (Phi) is 11.8. The molecule has 10 heteroatoms. The van der Waals surface area contributed by atoms with E-state index in [0.717, 1.165) is 19.9 Å². The van der Waals surface area contributed by atoms with Crippen molar-refractivity contribution in [3.05, 3.63) is 125 Å². The van der Waals surface area contributed by atoms with Crippen LogP contribution in [0.25, 0.3) is 0 Å². The predicted molar refractivity (Wildman–Crippen MR) is 180 cm³/mol. The molecule has 45 heavy (non-hydrogen) atoms. The van der Waals surface area contributed by atoms with E-state index in [1.165, 1.54) is 24.1 Å². The summed E-state index contributed by atoms with van der Waals surface area (Å²) in [4.78, 5) is 30.0. The Morgan fingerprint density at radius 1 is 0.867 bits per heavy atom. The van der Waals surface area contributed by atoms with E-state index in [9.17, 15) is 18.0 Å². The van der Waals surface area contributed by atoms with E-state index >= 15 is 0 Å². The van der Waals surface area contributed by atoms with Gasteiger partial charge in [0.1, 0.15) is 18.3 Å². The second-order valence-electron chi connectivity index (χ2n) is 10.7. The zero-order valence-electron chi connectivity index (χ0n) is 25.6. The van der Waals surface area contributed by atoms with Crippen LogP contribution in [0.15, 0.2) is 119 Å². The van der Waals surface area contributed by atoms with Gasteiger partial charge in [-0.3, -0.25) is 13.9 Å². The average molecular weight is 693 g/mol. The number of benzene rings is 4. The number of rotatable bonds is 14. The lowest BCUT2D eigenvalue weighted by molar-refractivity contribution is -0.140. The van der Waals surface area contributed by atoms with Gasteiger partial charge in [-0.2, -0.15) is 0 Å². The molecule has 236 valence electrons. The van der Waals surface area contributed by atoms with E-state index < -0.39 is 28.5 Å². The number of nitrogens with one attached hydrogen (secondary N) is 1. The van der Waals surface area contributed by atoms with Crippen LogP contribution < -0.4 is 14.4 Å². The van der Waals surface area contributed by atoms with Crippen molar-refractivity contribution in [2.75, 3.05) is 18.0 Å². The molecule has 2 amide bonds. The van der Waals surface area contributed by atoms with Crippen molar-refractivity contribution in [1.82, 2.24) is 10.2 Å². The van der Waals surface area contributed by atoms with Crippen LogP contribution in [-0.2, 0) is 32.6 Å². The van der Waals surface area contributed by atoms with Gasteiger partial charge in [0.05, 0.1) is 17.7 Å². The molecular formula is C35H38BrN3O5S. The molecule has 0 aromatic heterocycles. The van der Waals surface area contributed by atoms with Crippen LogP contribution in [0, 0.1) is 0 Å². The first-order valence-corrected chi connectivity index (χ1v) is 17.0. The monoisotopic (exact) mass is 691 g/mol. The summed E-state index contributed by atoms with van der Waals surface area (Å²) >= 11 is 3.51. The highest BCUT2D eigenvalue weighted by Crippen LogP contribution is 2.32. The third-order valence-electron chi connectivity index (χ3n) is 7.48. The van der Waals surface area contributed by atoms with Gasteiger partial charge in [0.15, 0.2) is 0 Å². The molecule has 0 fully saturated rings. The third-order valence-corrected chi connectivity index (χ3v) is 9.75. The predicted octanol–water partition coefficient (Wildman–Crippen LogP) is 6.21. The molecule has 4 rings (SSSR count). The Labute approximate surface area is 274 Å². The highest BCUT2D eigenvalue weighted by molar-refractivity contribution is 9.10. The lowest BCUT2D eigenvalue weighted by Crippen LogP contribution is -2.54. The van der Waals surface area contributed by atoms with Gasteiger partial charge in [-0.05, 0) is 60.9 Å². The van der Waals surface area contributed by atoms with Crippen molar-refractivity contribution in [3.63, 3.8) is 0 Å². The fourth-order valence-corrected chi connectivity index (χ4v) is 6.79. The third kappa shape index (κ3) is 8.73. The molecule has 8 nitrogen and oxygen atoms in total. The summed E-state index contributed by atoms with van der Waals surface area (Å²) in [7, 11) is -2.78. The van der Waals surface area contributed by atoms with Crippen molar-refractivity contribution < 1.29 is 22.7 Å². The lowest BCUT2D eigenvalue weighted by Gasteiger charge is -2.34. The number of carbonyl (C=O) groups excluding carboxylic acids is 2. The Bertz CT molecular complexity index is 1690. The molecule has 0 saturated carbocycles. The van der Waals surface area contributed by atoms with Crippen LogP contribution in [0.1, 0.15) is 31.4 Å². The maximum absolute atomic E-state index is 14.6. The van der Waals surface area contributed by atoms with Gasteiger partial charge in [-0.15, -0.1) is 0 Å². The number of sulfonamides is 1. The quantitative estimate of drug-likeness (QED) is 0.170. The van der Waals surface area contributed by atoms with E-state index in [1.54, 1.807) is 42.5 Å². The Morgan fingerprint density at radius 3 is 2.13 bits per heavy atom. The number of ether oxygens (including phenoxy) is 1. The molecule has 2 atom stereocenters. The smallest absolute Gasteiger partial charge is 0.264 e. The average Bonchev–Trinajstić information content (AvgIpc) is 3.05. The molecule has 0 aliphatic heterocycles. The minimum Gasteiger partial charge on any atom is -0.495 e. The van der Waals surface area contributed by atoms with Crippen molar-refractivity contribution in [1.29, 1.82) is 0 Å². The normalized spacial score (nSPS) is 12.5. The number of anilines is 1. The zero-order valence-corrected chi connectivity index (χ0v) is 28.0. The Balaban J connectivity index is 1.83. The van der Waals surface area contributed by atoms with Crippen molar-refractivity contribution >= 4 is 43.5 Å². The van der Waals surface area contributed by atoms with Gasteiger partial charge in [-0.1, -0.05) is 95.7 Å². The van der Waals surface area contributed by atoms with E-state index in [1.807, 2.05) is 68.4 Å². The van der Waals surface area contributed by atoms with Gasteiger partial charge in [0, 0.05) is 23.5 Å². The van der Waals surface area contributed by atoms with E-state index in [0.29, 0.717) is 12.2 Å². The standard InChI is InChI=1S/C35H38BrN3O5S/c1-4-26(2)37-35(41)32(23-27-14-7-5-8-15-27)38(24-28-16-13-17-29(36)22-28)34(40)25-39(31-20-11-12-21-33(31)44-3)45(42,43)30-18-9-6-10-19-30/h5-22,26,32H,4,23-25H2,1-3H3,(H,37,41)/t26-,32+/m1/s1. The molecular weight excluding hydrogens is 654 g/mol. The van der Waals surface area contributed by atoms with Crippen molar-refractivity contribution in [3.8, 4) is 5.75 Å². The number of para-hydroxylation sites is 2. The number of halogens is 1. The fraction of sp³-hybridized carbons (Fsp3) is 0.257. The van der Waals surface area contributed by atoms with Gasteiger partial charge in [0.2, 0.25) is 11.8 Å². The molecule has 0 spiro atoms. The summed E-state index contributed by atoms with van der Waals surface area (Å²) in [5.41, 5.74) is 1.86. The molecule has 0 aliphatic rings. The summed E-state index contributed by atoms with van der Waals surface area (Å²) in [6, 6.07) is 30.5. The molecule has 0 saturated heterocycles. The highest BCUT2D eigenvalue weighted by Gasteiger charge is 2.35. The van der Waals surface area contributed by atoms with E-state index in [-0.39, 0.29) is 35.5 Å². The zero-order chi connectivity index (χ0) is 32.4. The second-order valence-corrected chi connectivity index (χ2v) is 13.4. The SMILES string of the molecule is CC[C@@H](C)NC(=O)[C@H](Cc1ccccc1)N(Cc1cccc(Br)c1)C(=O)CN(c1ccccc1OC)S(=O)(=O)c1ccccc1. The fourth-order valence-electron chi connectivity index (χ4n) is 4.90. The number of methoxy groups -OCH3 is 1. The van der Waals surface area contributed by atoms with Crippen LogP contribution in [0.4, 0.5) is 5.69 Å². The molecule has 4 aromatic rings. The van der Waals surface area contributed by atoms with Crippen LogP contribution >= 0.6 is 15.9 Å². The van der Waals surface area contributed by atoms with Gasteiger partial charge in [-0.25, -0.2) is 8.42 Å². The molecule has 0 aliphatic carbocycles. The van der Waals surface area contributed by atoms with Crippen LogP contribution in [0.2, 0.25) is 0 Å². The minimum atomic E-state index is -4.22. The van der Waals surface area contributed by atoms with Gasteiger partial charge in [0.25, 0.3) is 10.0 Å². The number of hydrogen-bond donors (Lipinski definition) is 1. The maximum atomic E-state index is 14.6. The second kappa shape index (κ2) is 15.7. The first-order valence-electron chi connectivity index (χ1n) is 14.7. The summed E-state index contributed by atoms with van der Waals surface area (Å²) in [5.74, 6) is -0.564. The Hall–Kier alpha value is -4.15. The topological polar surface area (TPSA) is 96.0 Å². The molecule has 4 aromatic carbocycles. The van der Waals surface area contributed by atoms with Gasteiger partial charge >= 0.3 is 0 Å². The lowest BCUT2D eigenvalue weighted by atomic mass is 10.0. The first-order chi connectivity index (χ1) is 21.6. The van der Waals surface area contributed by atoms with Crippen LogP contribution in [0.5, 0.6) is 5.75 Å². The van der Waals surface area contributed by atoms with Crippen LogP contribution in [-0.4, -0.2) is 50.9 Å². The van der Waals surface area contributed by atoms with Gasteiger partial charge < -0.3 is 15.0 Å². The Morgan fingerprint density at radius 2 is 1.49 bits per heavy atom. The summed E-state index contributed by atoms with van der Waals surface area (Å²) in [6.45, 7) is 3.40. The minimum absolute atomic E-state index is 0.0256. The van der Waals surface area contributed by atoms with Crippen molar-refractivity contribution in [2.45, 2.75) is 50.2 Å². The van der Waals surface area contributed by atoms with E-state index in [2.05, 4.69) is 21.2 Å². The largest absolute Gasteiger partial charge is 0.495 e. The van der Waals surface area contributed by atoms with E-state index in [4.69, 9.17) is 4.74 Å². The number of amides is 2. The number of hydrogen-bond acceptors (Lipinski definition) is 5. The van der Waals surface area contributed by atoms with Crippen molar-refractivity contribution in [2.24, 2.45) is 0 Å². The number of carbonyl (C=O) groups is 2. The summed E-state index contributed by atoms with van der Waals surface area (Å²) < 4.78 is 35.7. The molecule has 0 bridgehead atoms. The first kappa shape index (κ1) is 33.7. The molecule has 0 unspecified atom stereocenters. The molecule has 0 radical (unpaired) electrons.